The van der Waals surface area contributed by atoms with Gasteiger partial charge in [0.15, 0.2) is 0 Å². The predicted octanol–water partition coefficient (Wildman–Crippen LogP) is 5.97. The standard InChI is InChI=1S/C16H25BrClN/c1-4-9-19-16(10-12(5-2)6-3)14-8-7-13(18)11-15(14)17/h7-8,11-12,16,19H,4-6,9-10H2,1-3H3. The Morgan fingerprint density at radius 2 is 1.89 bits per heavy atom. The molecule has 0 aromatic heterocycles. The topological polar surface area (TPSA) is 12.0 Å². The second kappa shape index (κ2) is 8.99. The maximum atomic E-state index is 6.04. The molecule has 1 atom stereocenters. The third-order valence-electron chi connectivity index (χ3n) is 3.70. The molecule has 1 aromatic rings. The summed E-state index contributed by atoms with van der Waals surface area (Å²) in [5.41, 5.74) is 1.32. The lowest BCUT2D eigenvalue weighted by atomic mass is 9.91. The monoisotopic (exact) mass is 345 g/mol. The van der Waals surface area contributed by atoms with Crippen LogP contribution in [0.25, 0.3) is 0 Å². The molecular formula is C16H25BrClN. The minimum absolute atomic E-state index is 0.413. The van der Waals surface area contributed by atoms with E-state index >= 15 is 0 Å². The summed E-state index contributed by atoms with van der Waals surface area (Å²) >= 11 is 9.68. The average molecular weight is 347 g/mol. The first-order valence-corrected chi connectivity index (χ1v) is 8.47. The Morgan fingerprint density at radius 3 is 2.42 bits per heavy atom. The van der Waals surface area contributed by atoms with Gasteiger partial charge >= 0.3 is 0 Å². The quantitative estimate of drug-likeness (QED) is 0.611. The molecule has 19 heavy (non-hydrogen) atoms. The Morgan fingerprint density at radius 1 is 1.21 bits per heavy atom. The van der Waals surface area contributed by atoms with Gasteiger partial charge in [0.1, 0.15) is 0 Å². The SMILES string of the molecule is CCCNC(CC(CC)CC)c1ccc(Cl)cc1Br. The van der Waals surface area contributed by atoms with E-state index in [1.807, 2.05) is 12.1 Å². The Labute approximate surface area is 131 Å². The number of nitrogens with one attached hydrogen (secondary N) is 1. The molecular weight excluding hydrogens is 322 g/mol. The summed E-state index contributed by atoms with van der Waals surface area (Å²) in [7, 11) is 0. The minimum atomic E-state index is 0.413. The first-order valence-electron chi connectivity index (χ1n) is 7.30. The summed E-state index contributed by atoms with van der Waals surface area (Å²) in [5.74, 6) is 0.775. The highest BCUT2D eigenvalue weighted by Gasteiger charge is 2.17. The van der Waals surface area contributed by atoms with Crippen LogP contribution in [0.15, 0.2) is 22.7 Å². The molecule has 0 fully saturated rings. The van der Waals surface area contributed by atoms with Crippen LogP contribution in [0.3, 0.4) is 0 Å². The van der Waals surface area contributed by atoms with E-state index in [-0.39, 0.29) is 0 Å². The zero-order valence-electron chi connectivity index (χ0n) is 12.2. The van der Waals surface area contributed by atoms with Crippen molar-refractivity contribution in [1.29, 1.82) is 0 Å². The number of rotatable bonds is 8. The van der Waals surface area contributed by atoms with Gasteiger partial charge in [-0.2, -0.15) is 0 Å². The van der Waals surface area contributed by atoms with Gasteiger partial charge in [-0.05, 0) is 43.0 Å². The molecule has 0 amide bonds. The van der Waals surface area contributed by atoms with Gasteiger partial charge in [-0.1, -0.05) is 67.2 Å². The maximum Gasteiger partial charge on any atom is 0.0417 e. The molecule has 0 radical (unpaired) electrons. The van der Waals surface area contributed by atoms with E-state index in [4.69, 9.17) is 11.6 Å². The van der Waals surface area contributed by atoms with E-state index in [0.29, 0.717) is 6.04 Å². The fourth-order valence-electron chi connectivity index (χ4n) is 2.38. The van der Waals surface area contributed by atoms with E-state index in [1.54, 1.807) is 0 Å². The summed E-state index contributed by atoms with van der Waals surface area (Å²) < 4.78 is 1.11. The Kier molecular flexibility index (Phi) is 8.05. The molecule has 1 unspecified atom stereocenters. The lowest BCUT2D eigenvalue weighted by Gasteiger charge is -2.24. The zero-order chi connectivity index (χ0) is 14.3. The van der Waals surface area contributed by atoms with Crippen LogP contribution in [-0.4, -0.2) is 6.54 Å². The highest BCUT2D eigenvalue weighted by atomic mass is 79.9. The lowest BCUT2D eigenvalue weighted by Crippen LogP contribution is -2.24. The number of hydrogen-bond donors (Lipinski definition) is 1. The van der Waals surface area contributed by atoms with Crippen molar-refractivity contribution in [1.82, 2.24) is 5.32 Å². The minimum Gasteiger partial charge on any atom is -0.310 e. The highest BCUT2D eigenvalue weighted by molar-refractivity contribution is 9.10. The van der Waals surface area contributed by atoms with Gasteiger partial charge in [0, 0.05) is 15.5 Å². The third kappa shape index (κ3) is 5.45. The van der Waals surface area contributed by atoms with Crippen LogP contribution in [0.4, 0.5) is 0 Å². The van der Waals surface area contributed by atoms with Gasteiger partial charge in [-0.3, -0.25) is 0 Å². The van der Waals surface area contributed by atoms with Gasteiger partial charge in [0.2, 0.25) is 0 Å². The van der Waals surface area contributed by atoms with E-state index in [2.05, 4.69) is 48.1 Å². The number of benzene rings is 1. The Balaban J connectivity index is 2.88. The van der Waals surface area contributed by atoms with Crippen molar-refractivity contribution in [2.45, 2.75) is 52.5 Å². The normalized spacial score (nSPS) is 12.9. The molecule has 1 nitrogen and oxygen atoms in total. The fourth-order valence-corrected chi connectivity index (χ4v) is 3.34. The molecule has 3 heteroatoms. The number of halogens is 2. The fraction of sp³-hybridized carbons (Fsp3) is 0.625. The summed E-state index contributed by atoms with van der Waals surface area (Å²) in [6, 6.07) is 6.53. The molecule has 0 heterocycles. The van der Waals surface area contributed by atoms with Gasteiger partial charge in [-0.15, -0.1) is 0 Å². The summed E-state index contributed by atoms with van der Waals surface area (Å²) in [6.07, 6.45) is 4.83. The van der Waals surface area contributed by atoms with Crippen LogP contribution in [0.1, 0.15) is 58.1 Å². The molecule has 0 aliphatic rings. The Hall–Kier alpha value is -0.0500. The van der Waals surface area contributed by atoms with Crippen LogP contribution in [0, 0.1) is 5.92 Å². The van der Waals surface area contributed by atoms with Crippen molar-refractivity contribution in [3.63, 3.8) is 0 Å². The smallest absolute Gasteiger partial charge is 0.0417 e. The van der Waals surface area contributed by atoms with Crippen LogP contribution in [0.2, 0.25) is 5.02 Å². The van der Waals surface area contributed by atoms with E-state index in [9.17, 15) is 0 Å². The molecule has 1 N–H and O–H groups in total. The van der Waals surface area contributed by atoms with Crippen LogP contribution in [0.5, 0.6) is 0 Å². The van der Waals surface area contributed by atoms with Crippen molar-refractivity contribution >= 4 is 27.5 Å². The molecule has 0 bridgehead atoms. The van der Waals surface area contributed by atoms with Gasteiger partial charge < -0.3 is 5.32 Å². The molecule has 0 saturated heterocycles. The van der Waals surface area contributed by atoms with E-state index in [1.165, 1.54) is 24.8 Å². The van der Waals surface area contributed by atoms with Crippen molar-refractivity contribution in [2.24, 2.45) is 5.92 Å². The van der Waals surface area contributed by atoms with Crippen molar-refractivity contribution in [3.05, 3.63) is 33.3 Å². The molecule has 1 rings (SSSR count). The average Bonchev–Trinajstić information content (AvgIpc) is 2.40. The highest BCUT2D eigenvalue weighted by Crippen LogP contribution is 2.31. The molecule has 108 valence electrons. The van der Waals surface area contributed by atoms with Crippen molar-refractivity contribution in [3.8, 4) is 0 Å². The van der Waals surface area contributed by atoms with Gasteiger partial charge in [-0.25, -0.2) is 0 Å². The van der Waals surface area contributed by atoms with Crippen LogP contribution in [-0.2, 0) is 0 Å². The third-order valence-corrected chi connectivity index (χ3v) is 4.62. The largest absolute Gasteiger partial charge is 0.310 e. The summed E-state index contributed by atoms with van der Waals surface area (Å²) in [5, 5.41) is 4.46. The predicted molar refractivity (Wildman–Crippen MR) is 88.9 cm³/mol. The Bertz CT molecular complexity index is 377. The second-order valence-electron chi connectivity index (χ2n) is 5.09. The second-order valence-corrected chi connectivity index (χ2v) is 6.38. The number of hydrogen-bond acceptors (Lipinski definition) is 1. The zero-order valence-corrected chi connectivity index (χ0v) is 14.5. The molecule has 0 spiro atoms. The van der Waals surface area contributed by atoms with Crippen molar-refractivity contribution in [2.75, 3.05) is 6.54 Å². The summed E-state index contributed by atoms with van der Waals surface area (Å²) in [4.78, 5) is 0. The van der Waals surface area contributed by atoms with Crippen molar-refractivity contribution < 1.29 is 0 Å². The van der Waals surface area contributed by atoms with Gasteiger partial charge in [0.25, 0.3) is 0 Å². The van der Waals surface area contributed by atoms with Crippen LogP contribution >= 0.6 is 27.5 Å². The molecule has 0 saturated carbocycles. The first-order chi connectivity index (χ1) is 9.12. The molecule has 0 aliphatic heterocycles. The first kappa shape index (κ1) is 17.0. The van der Waals surface area contributed by atoms with Gasteiger partial charge in [0.05, 0.1) is 0 Å². The molecule has 1 aromatic carbocycles. The van der Waals surface area contributed by atoms with E-state index < -0.39 is 0 Å². The maximum absolute atomic E-state index is 6.04. The lowest BCUT2D eigenvalue weighted by molar-refractivity contribution is 0.370. The van der Waals surface area contributed by atoms with E-state index in [0.717, 1.165) is 28.4 Å². The van der Waals surface area contributed by atoms with Crippen LogP contribution < -0.4 is 5.32 Å². The molecule has 0 aliphatic carbocycles. The summed E-state index contributed by atoms with van der Waals surface area (Å²) in [6.45, 7) is 7.82.